The number of carboxylic acids is 1. The number of aromatic carboxylic acids is 1. The zero-order valence-corrected chi connectivity index (χ0v) is 17.3. The molecule has 1 aromatic heterocycles. The fraction of sp³-hybridized carbons (Fsp3) is 0.350. The number of benzene rings is 1. The molecule has 1 amide bonds. The molecule has 1 unspecified atom stereocenters. The Kier molecular flexibility index (Phi) is 6.74. The van der Waals surface area contributed by atoms with Gasteiger partial charge in [0.05, 0.1) is 0 Å². The highest BCUT2D eigenvalue weighted by molar-refractivity contribution is 8.01. The topological polar surface area (TPSA) is 82.5 Å². The summed E-state index contributed by atoms with van der Waals surface area (Å²) in [5, 5.41) is 14.0. The van der Waals surface area contributed by atoms with E-state index in [1.165, 1.54) is 28.5 Å². The second-order valence-corrected chi connectivity index (χ2v) is 8.84. The first-order valence-electron chi connectivity index (χ1n) is 9.05. The van der Waals surface area contributed by atoms with Crippen LogP contribution in [-0.2, 0) is 4.79 Å². The molecule has 148 valence electrons. The lowest BCUT2D eigenvalue weighted by molar-refractivity contribution is -0.128. The van der Waals surface area contributed by atoms with Gasteiger partial charge in [-0.25, -0.2) is 9.78 Å². The summed E-state index contributed by atoms with van der Waals surface area (Å²) in [7, 11) is 0. The highest BCUT2D eigenvalue weighted by atomic mass is 32.2. The maximum Gasteiger partial charge on any atom is 0.355 e. The number of thiazole rings is 1. The average molecular weight is 418 g/mol. The number of thioether (sulfide) groups is 1. The molecule has 8 heteroatoms. The number of carbonyl (C=O) groups excluding carboxylic acids is 1. The summed E-state index contributed by atoms with van der Waals surface area (Å²) in [5.74, 6) is -0.151. The van der Waals surface area contributed by atoms with Gasteiger partial charge < -0.3 is 15.3 Å². The van der Waals surface area contributed by atoms with Gasteiger partial charge >= 0.3 is 5.97 Å². The minimum absolute atomic E-state index is 0.0722. The van der Waals surface area contributed by atoms with Crippen LogP contribution in [0.25, 0.3) is 5.57 Å². The van der Waals surface area contributed by atoms with Gasteiger partial charge in [0.1, 0.15) is 0 Å². The molecule has 2 heterocycles. The number of carboxylic acid groups (broad SMARTS) is 1. The Morgan fingerprint density at radius 1 is 1.46 bits per heavy atom. The van der Waals surface area contributed by atoms with Crippen LogP contribution in [0.3, 0.4) is 0 Å². The van der Waals surface area contributed by atoms with Crippen molar-refractivity contribution in [3.63, 3.8) is 0 Å². The van der Waals surface area contributed by atoms with Gasteiger partial charge in [-0.2, -0.15) is 0 Å². The average Bonchev–Trinajstić information content (AvgIpc) is 3.28. The third kappa shape index (κ3) is 4.94. The van der Waals surface area contributed by atoms with Crippen molar-refractivity contribution in [3.8, 4) is 0 Å². The van der Waals surface area contributed by atoms with Crippen LogP contribution < -0.4 is 5.32 Å². The molecule has 2 N–H and O–H groups in total. The van der Waals surface area contributed by atoms with Crippen molar-refractivity contribution >= 4 is 46.2 Å². The molecule has 3 rings (SSSR count). The molecule has 2 aromatic rings. The van der Waals surface area contributed by atoms with Crippen LogP contribution in [0.15, 0.2) is 40.6 Å². The van der Waals surface area contributed by atoms with E-state index in [0.29, 0.717) is 29.6 Å². The number of aromatic nitrogens is 1. The van der Waals surface area contributed by atoms with Gasteiger partial charge in [0.15, 0.2) is 10.0 Å². The third-order valence-corrected chi connectivity index (χ3v) is 6.63. The van der Waals surface area contributed by atoms with Gasteiger partial charge in [-0.15, -0.1) is 11.3 Å². The van der Waals surface area contributed by atoms with Gasteiger partial charge in [0.25, 0.3) is 0 Å². The molecule has 0 aliphatic carbocycles. The summed E-state index contributed by atoms with van der Waals surface area (Å²) in [5.41, 5.74) is 3.20. The standard InChI is InChI=1S/C20H23N3O3S2/c1-13(2)15-5-3-4-6-16(15)21-11-14-7-8-18(24)23(14)9-10-27-20-22-17(12-28-20)19(25)26/h3-6,12,14,21H,1,7-11H2,2H3,(H,25,26). The summed E-state index contributed by atoms with van der Waals surface area (Å²) in [6, 6.07) is 8.20. The van der Waals surface area contributed by atoms with E-state index in [9.17, 15) is 9.59 Å². The van der Waals surface area contributed by atoms with Crippen LogP contribution in [-0.4, -0.2) is 51.8 Å². The Balaban J connectivity index is 1.54. The van der Waals surface area contributed by atoms with Crippen molar-refractivity contribution in [1.82, 2.24) is 9.88 Å². The van der Waals surface area contributed by atoms with E-state index >= 15 is 0 Å². The van der Waals surface area contributed by atoms with Gasteiger partial charge in [-0.1, -0.05) is 36.5 Å². The van der Waals surface area contributed by atoms with Crippen molar-refractivity contribution in [2.45, 2.75) is 30.1 Å². The fourth-order valence-corrected chi connectivity index (χ4v) is 5.01. The number of hydrogen-bond acceptors (Lipinski definition) is 6. The maximum absolute atomic E-state index is 12.3. The minimum atomic E-state index is -1.01. The molecule has 28 heavy (non-hydrogen) atoms. The van der Waals surface area contributed by atoms with Crippen molar-refractivity contribution in [2.24, 2.45) is 0 Å². The van der Waals surface area contributed by atoms with Crippen molar-refractivity contribution in [2.75, 3.05) is 24.2 Å². The number of nitrogens with one attached hydrogen (secondary N) is 1. The lowest BCUT2D eigenvalue weighted by Gasteiger charge is -2.25. The molecule has 1 aliphatic rings. The highest BCUT2D eigenvalue weighted by Crippen LogP contribution is 2.26. The van der Waals surface area contributed by atoms with E-state index in [1.54, 1.807) is 0 Å². The van der Waals surface area contributed by atoms with Crippen molar-refractivity contribution in [3.05, 3.63) is 47.5 Å². The Bertz CT molecular complexity index is 881. The van der Waals surface area contributed by atoms with Crippen LogP contribution in [0, 0.1) is 0 Å². The van der Waals surface area contributed by atoms with Crippen molar-refractivity contribution < 1.29 is 14.7 Å². The SMILES string of the molecule is C=C(C)c1ccccc1NCC1CCC(=O)N1CCSc1nc(C(=O)O)cs1. The predicted octanol–water partition coefficient (Wildman–Crippen LogP) is 4.07. The number of carbonyl (C=O) groups is 2. The minimum Gasteiger partial charge on any atom is -0.476 e. The molecule has 1 atom stereocenters. The van der Waals surface area contributed by atoms with E-state index in [4.69, 9.17) is 5.11 Å². The van der Waals surface area contributed by atoms with Gasteiger partial charge in [0.2, 0.25) is 5.91 Å². The first kappa shape index (κ1) is 20.4. The number of amides is 1. The number of rotatable bonds is 9. The fourth-order valence-electron chi connectivity index (χ4n) is 3.20. The summed E-state index contributed by atoms with van der Waals surface area (Å²) in [6.45, 7) is 7.33. The molecule has 1 aliphatic heterocycles. The lowest BCUT2D eigenvalue weighted by Crippen LogP contribution is -2.39. The smallest absolute Gasteiger partial charge is 0.355 e. The van der Waals surface area contributed by atoms with E-state index in [0.717, 1.165) is 23.2 Å². The summed E-state index contributed by atoms with van der Waals surface area (Å²) < 4.78 is 0.717. The molecule has 1 fully saturated rings. The lowest BCUT2D eigenvalue weighted by atomic mass is 10.1. The van der Waals surface area contributed by atoms with E-state index in [2.05, 4.69) is 16.9 Å². The monoisotopic (exact) mass is 417 g/mol. The first-order chi connectivity index (χ1) is 13.5. The number of anilines is 1. The quantitative estimate of drug-likeness (QED) is 0.599. The van der Waals surface area contributed by atoms with Crippen LogP contribution >= 0.6 is 23.1 Å². The Labute approximate surface area is 172 Å². The Morgan fingerprint density at radius 2 is 2.25 bits per heavy atom. The largest absolute Gasteiger partial charge is 0.476 e. The molecule has 1 aromatic carbocycles. The predicted molar refractivity (Wildman–Crippen MR) is 114 cm³/mol. The number of likely N-dealkylation sites (tertiary alicyclic amines) is 1. The van der Waals surface area contributed by atoms with E-state index in [-0.39, 0.29) is 17.6 Å². The molecule has 0 bridgehead atoms. The molecule has 0 spiro atoms. The van der Waals surface area contributed by atoms with Gasteiger partial charge in [-0.05, 0) is 30.5 Å². The molecule has 1 saturated heterocycles. The highest BCUT2D eigenvalue weighted by Gasteiger charge is 2.30. The zero-order chi connectivity index (χ0) is 20.1. The summed E-state index contributed by atoms with van der Waals surface area (Å²) in [4.78, 5) is 29.2. The third-order valence-electron chi connectivity index (χ3n) is 4.63. The molecule has 0 saturated carbocycles. The molecular formula is C20H23N3O3S2. The van der Waals surface area contributed by atoms with Crippen LogP contribution in [0.5, 0.6) is 0 Å². The zero-order valence-electron chi connectivity index (χ0n) is 15.7. The normalized spacial score (nSPS) is 16.4. The maximum atomic E-state index is 12.3. The number of allylic oxidation sites excluding steroid dienone is 1. The Hall–Kier alpha value is -2.32. The van der Waals surface area contributed by atoms with Crippen LogP contribution in [0.4, 0.5) is 5.69 Å². The first-order valence-corrected chi connectivity index (χ1v) is 10.9. The number of para-hydroxylation sites is 1. The second kappa shape index (κ2) is 9.25. The Morgan fingerprint density at radius 3 is 2.96 bits per heavy atom. The second-order valence-electron chi connectivity index (χ2n) is 6.64. The molecule has 0 radical (unpaired) electrons. The summed E-state index contributed by atoms with van der Waals surface area (Å²) in [6.07, 6.45) is 1.41. The van der Waals surface area contributed by atoms with Gasteiger partial charge in [-0.3, -0.25) is 4.79 Å². The van der Waals surface area contributed by atoms with E-state index < -0.39 is 5.97 Å². The molecular weight excluding hydrogens is 394 g/mol. The van der Waals surface area contributed by atoms with Crippen LogP contribution in [0.1, 0.15) is 35.8 Å². The summed E-state index contributed by atoms with van der Waals surface area (Å²) >= 11 is 2.81. The van der Waals surface area contributed by atoms with Gasteiger partial charge in [0, 0.05) is 42.4 Å². The van der Waals surface area contributed by atoms with E-state index in [1.807, 2.05) is 36.1 Å². The molecule has 6 nitrogen and oxygen atoms in total. The van der Waals surface area contributed by atoms with Crippen molar-refractivity contribution in [1.29, 1.82) is 0 Å². The number of hydrogen-bond donors (Lipinski definition) is 2. The van der Waals surface area contributed by atoms with Crippen LogP contribution in [0.2, 0.25) is 0 Å². The number of nitrogens with zero attached hydrogens (tertiary/aromatic N) is 2.